The molecule has 1 aromatic carbocycles. The maximum Gasteiger partial charge on any atom is 0.251 e. The normalized spacial score (nSPS) is 23.7. The summed E-state index contributed by atoms with van der Waals surface area (Å²) in [5.41, 5.74) is 0.589. The van der Waals surface area contributed by atoms with Crippen LogP contribution < -0.4 is 5.32 Å². The number of carbonyl (C=O) groups is 1. The summed E-state index contributed by atoms with van der Waals surface area (Å²) < 4.78 is 0.942. The van der Waals surface area contributed by atoms with Gasteiger partial charge in [0.05, 0.1) is 10.4 Å². The van der Waals surface area contributed by atoms with Gasteiger partial charge in [-0.3, -0.25) is 4.79 Å². The van der Waals surface area contributed by atoms with E-state index < -0.39 is 0 Å². The summed E-state index contributed by atoms with van der Waals surface area (Å²) in [4.78, 5) is 12.0. The van der Waals surface area contributed by atoms with Gasteiger partial charge < -0.3 is 5.32 Å². The molecule has 1 fully saturated rings. The van der Waals surface area contributed by atoms with E-state index >= 15 is 0 Å². The van der Waals surface area contributed by atoms with Gasteiger partial charge in [-0.1, -0.05) is 11.6 Å². The first-order valence-corrected chi connectivity index (χ1v) is 7.37. The molecule has 0 aromatic heterocycles. The Kier molecular flexibility index (Phi) is 4.55. The Morgan fingerprint density at radius 2 is 2.18 bits per heavy atom. The lowest BCUT2D eigenvalue weighted by atomic mass is 10.2. The number of hydrogen-bond donors (Lipinski definition) is 1. The highest BCUT2D eigenvalue weighted by Crippen LogP contribution is 2.25. The Morgan fingerprint density at radius 3 is 2.76 bits per heavy atom. The number of benzene rings is 1. The number of nitrogens with one attached hydrogen (secondary N) is 1. The summed E-state index contributed by atoms with van der Waals surface area (Å²) in [5, 5.41) is 3.62. The SMILES string of the molecule is O=C(NC1CCCC1Cl)c1ccc(I)c(Cl)c1. The van der Waals surface area contributed by atoms with E-state index in [9.17, 15) is 4.79 Å². The molecule has 92 valence electrons. The predicted molar refractivity (Wildman–Crippen MR) is 78.9 cm³/mol. The first-order valence-electron chi connectivity index (χ1n) is 5.48. The molecule has 2 unspecified atom stereocenters. The third kappa shape index (κ3) is 3.26. The zero-order valence-electron chi connectivity index (χ0n) is 9.05. The van der Waals surface area contributed by atoms with E-state index in [4.69, 9.17) is 23.2 Å². The Balaban J connectivity index is 2.06. The molecular weight excluding hydrogens is 372 g/mol. The predicted octanol–water partition coefficient (Wildman–Crippen LogP) is 3.83. The Labute approximate surface area is 124 Å². The largest absolute Gasteiger partial charge is 0.348 e. The fourth-order valence-electron chi connectivity index (χ4n) is 1.97. The maximum atomic E-state index is 12.0. The summed E-state index contributed by atoms with van der Waals surface area (Å²) in [6, 6.07) is 5.39. The van der Waals surface area contributed by atoms with Gasteiger partial charge in [0, 0.05) is 15.2 Å². The van der Waals surface area contributed by atoms with Crippen molar-refractivity contribution in [3.63, 3.8) is 0 Å². The number of carbonyl (C=O) groups excluding carboxylic acids is 1. The van der Waals surface area contributed by atoms with E-state index in [1.165, 1.54) is 0 Å². The van der Waals surface area contributed by atoms with Crippen LogP contribution in [0, 0.1) is 3.57 Å². The first-order chi connectivity index (χ1) is 8.08. The monoisotopic (exact) mass is 383 g/mol. The third-order valence-corrected chi connectivity index (χ3v) is 5.02. The van der Waals surface area contributed by atoms with Gasteiger partial charge in [-0.25, -0.2) is 0 Å². The number of halogens is 3. The van der Waals surface area contributed by atoms with Crippen molar-refractivity contribution in [1.29, 1.82) is 0 Å². The molecule has 0 saturated heterocycles. The molecule has 0 heterocycles. The van der Waals surface area contributed by atoms with Crippen LogP contribution in [0.1, 0.15) is 29.6 Å². The molecule has 1 aliphatic carbocycles. The van der Waals surface area contributed by atoms with E-state index in [-0.39, 0.29) is 17.3 Å². The van der Waals surface area contributed by atoms with Gasteiger partial charge in [-0.2, -0.15) is 0 Å². The summed E-state index contributed by atoms with van der Waals surface area (Å²) >= 11 is 14.2. The number of alkyl halides is 1. The molecule has 0 radical (unpaired) electrons. The van der Waals surface area contributed by atoms with Crippen LogP contribution in [0.3, 0.4) is 0 Å². The quantitative estimate of drug-likeness (QED) is 0.610. The van der Waals surface area contributed by atoms with Gasteiger partial charge >= 0.3 is 0 Å². The highest BCUT2D eigenvalue weighted by Gasteiger charge is 2.26. The van der Waals surface area contributed by atoms with E-state index in [1.54, 1.807) is 12.1 Å². The van der Waals surface area contributed by atoms with Gasteiger partial charge in [0.2, 0.25) is 0 Å². The molecule has 1 aromatic rings. The molecule has 0 spiro atoms. The minimum absolute atomic E-state index is 0.0540. The Bertz CT molecular complexity index is 439. The maximum absolute atomic E-state index is 12.0. The van der Waals surface area contributed by atoms with Crippen molar-refractivity contribution in [1.82, 2.24) is 5.32 Å². The summed E-state index contributed by atoms with van der Waals surface area (Å²) in [5.74, 6) is -0.0964. The van der Waals surface area contributed by atoms with Gasteiger partial charge in [0.1, 0.15) is 0 Å². The molecular formula is C12H12Cl2INO. The molecule has 17 heavy (non-hydrogen) atoms. The van der Waals surface area contributed by atoms with Crippen molar-refractivity contribution in [3.8, 4) is 0 Å². The van der Waals surface area contributed by atoms with Crippen LogP contribution in [0.2, 0.25) is 5.02 Å². The van der Waals surface area contributed by atoms with Gasteiger partial charge in [-0.15, -0.1) is 11.6 Å². The average Bonchev–Trinajstić information content (AvgIpc) is 2.68. The Hall–Kier alpha value is -0.0000000000000000555. The molecule has 0 bridgehead atoms. The number of hydrogen-bond acceptors (Lipinski definition) is 1. The van der Waals surface area contributed by atoms with Crippen molar-refractivity contribution in [3.05, 3.63) is 32.4 Å². The molecule has 1 N–H and O–H groups in total. The molecule has 1 aliphatic rings. The van der Waals surface area contributed by atoms with Crippen molar-refractivity contribution in [2.75, 3.05) is 0 Å². The van der Waals surface area contributed by atoms with Crippen molar-refractivity contribution >= 4 is 51.7 Å². The fourth-order valence-corrected chi connectivity index (χ4v) is 2.83. The number of rotatable bonds is 2. The van der Waals surface area contributed by atoms with Crippen molar-refractivity contribution in [2.45, 2.75) is 30.7 Å². The van der Waals surface area contributed by atoms with Crippen LogP contribution in [0.4, 0.5) is 0 Å². The van der Waals surface area contributed by atoms with Gasteiger partial charge in [0.15, 0.2) is 0 Å². The fraction of sp³-hybridized carbons (Fsp3) is 0.417. The second-order valence-electron chi connectivity index (χ2n) is 4.16. The minimum Gasteiger partial charge on any atom is -0.348 e. The molecule has 1 amide bonds. The van der Waals surface area contributed by atoms with Crippen molar-refractivity contribution in [2.24, 2.45) is 0 Å². The average molecular weight is 384 g/mol. The highest BCUT2D eigenvalue weighted by molar-refractivity contribution is 14.1. The Morgan fingerprint density at radius 1 is 1.41 bits per heavy atom. The standard InChI is InChI=1S/C12H12Cl2INO/c13-8-2-1-3-11(8)16-12(17)7-4-5-10(15)9(14)6-7/h4-6,8,11H,1-3H2,(H,16,17). The van der Waals surface area contributed by atoms with Crippen molar-refractivity contribution < 1.29 is 4.79 Å². The van der Waals surface area contributed by atoms with Crippen LogP contribution in [0.15, 0.2) is 18.2 Å². The summed E-state index contributed by atoms with van der Waals surface area (Å²) in [6.45, 7) is 0. The van der Waals surface area contributed by atoms with Crippen LogP contribution in [0.25, 0.3) is 0 Å². The van der Waals surface area contributed by atoms with E-state index in [0.29, 0.717) is 10.6 Å². The lowest BCUT2D eigenvalue weighted by Gasteiger charge is -2.15. The van der Waals surface area contributed by atoms with Crippen LogP contribution in [-0.2, 0) is 0 Å². The smallest absolute Gasteiger partial charge is 0.251 e. The van der Waals surface area contributed by atoms with E-state index in [2.05, 4.69) is 27.9 Å². The topological polar surface area (TPSA) is 29.1 Å². The summed E-state index contributed by atoms with van der Waals surface area (Å²) in [7, 11) is 0. The lowest BCUT2D eigenvalue weighted by Crippen LogP contribution is -2.37. The van der Waals surface area contributed by atoms with E-state index in [1.807, 2.05) is 6.07 Å². The minimum atomic E-state index is -0.0964. The molecule has 2 nitrogen and oxygen atoms in total. The third-order valence-electron chi connectivity index (χ3n) is 2.93. The van der Waals surface area contributed by atoms with Gasteiger partial charge in [0.25, 0.3) is 5.91 Å². The molecule has 0 aliphatic heterocycles. The van der Waals surface area contributed by atoms with Crippen LogP contribution in [0.5, 0.6) is 0 Å². The lowest BCUT2D eigenvalue weighted by molar-refractivity contribution is 0.0938. The number of amides is 1. The van der Waals surface area contributed by atoms with Crippen LogP contribution in [-0.4, -0.2) is 17.3 Å². The van der Waals surface area contributed by atoms with Gasteiger partial charge in [-0.05, 0) is 60.1 Å². The van der Waals surface area contributed by atoms with Crippen LogP contribution >= 0.6 is 45.8 Å². The molecule has 2 rings (SSSR count). The molecule has 5 heteroatoms. The zero-order chi connectivity index (χ0) is 12.4. The second-order valence-corrected chi connectivity index (χ2v) is 6.29. The highest BCUT2D eigenvalue weighted by atomic mass is 127. The second kappa shape index (κ2) is 5.76. The molecule has 2 atom stereocenters. The molecule has 1 saturated carbocycles. The zero-order valence-corrected chi connectivity index (χ0v) is 12.7. The van der Waals surface area contributed by atoms with E-state index in [0.717, 1.165) is 22.8 Å². The first kappa shape index (κ1) is 13.4. The summed E-state index contributed by atoms with van der Waals surface area (Å²) in [6.07, 6.45) is 3.00.